The van der Waals surface area contributed by atoms with Crippen molar-refractivity contribution in [2.45, 2.75) is 19.4 Å². The van der Waals surface area contributed by atoms with Gasteiger partial charge in [0.15, 0.2) is 0 Å². The van der Waals surface area contributed by atoms with Crippen LogP contribution in [0.2, 0.25) is 0 Å². The second-order valence-electron chi connectivity index (χ2n) is 2.92. The van der Waals surface area contributed by atoms with Crippen molar-refractivity contribution in [2.24, 2.45) is 5.73 Å². The van der Waals surface area contributed by atoms with Gasteiger partial charge in [0.1, 0.15) is 0 Å². The van der Waals surface area contributed by atoms with Crippen molar-refractivity contribution in [2.75, 3.05) is 0 Å². The first-order valence-corrected chi connectivity index (χ1v) is 5.37. The Bertz CT molecular complexity index is 271. The van der Waals surface area contributed by atoms with Gasteiger partial charge < -0.3 is 5.73 Å². The van der Waals surface area contributed by atoms with Gasteiger partial charge in [0.05, 0.1) is 0 Å². The van der Waals surface area contributed by atoms with E-state index in [4.69, 9.17) is 5.73 Å². The summed E-state index contributed by atoms with van der Waals surface area (Å²) in [5.74, 6) is 0. The highest BCUT2D eigenvalue weighted by Gasteiger charge is 2.02. The number of nitrogens with two attached hydrogens (primary N) is 1. The van der Waals surface area contributed by atoms with Crippen LogP contribution in [0, 0.1) is 0 Å². The molecule has 0 aliphatic rings. The van der Waals surface area contributed by atoms with Gasteiger partial charge >= 0.3 is 0 Å². The Labute approximate surface area is 89.6 Å². The molecule has 1 atom stereocenters. The molecule has 0 amide bonds. The predicted octanol–water partition coefficient (Wildman–Crippen LogP) is 3.10. The fraction of sp³-hybridized carbons (Fsp3) is 0.333. The summed E-state index contributed by atoms with van der Waals surface area (Å²) in [5.41, 5.74) is 6.96. The first-order chi connectivity index (χ1) is 5.59. The highest BCUT2D eigenvalue weighted by Crippen LogP contribution is 2.22. The topological polar surface area (TPSA) is 26.0 Å². The first kappa shape index (κ1) is 10.2. The van der Waals surface area contributed by atoms with Gasteiger partial charge in [0.25, 0.3) is 0 Å². The minimum atomic E-state index is 0.204. The molecular weight excluding hydrogens is 282 g/mol. The van der Waals surface area contributed by atoms with Crippen LogP contribution in [-0.4, -0.2) is 6.04 Å². The molecule has 3 heteroatoms. The van der Waals surface area contributed by atoms with E-state index < -0.39 is 0 Å². The highest BCUT2D eigenvalue weighted by atomic mass is 79.9. The molecule has 0 radical (unpaired) electrons. The molecule has 1 unspecified atom stereocenters. The number of hydrogen-bond donors (Lipinski definition) is 1. The van der Waals surface area contributed by atoms with Crippen LogP contribution in [-0.2, 0) is 6.42 Å². The second kappa shape index (κ2) is 4.40. The van der Waals surface area contributed by atoms with Crippen molar-refractivity contribution in [1.82, 2.24) is 0 Å². The van der Waals surface area contributed by atoms with E-state index in [0.717, 1.165) is 15.4 Å². The van der Waals surface area contributed by atoms with Crippen LogP contribution in [0.4, 0.5) is 0 Å². The Morgan fingerprint density at radius 2 is 2.08 bits per heavy atom. The summed E-state index contributed by atoms with van der Waals surface area (Å²) in [6.07, 6.45) is 0.903. The first-order valence-electron chi connectivity index (χ1n) is 3.79. The van der Waals surface area contributed by atoms with Crippen LogP contribution < -0.4 is 5.73 Å². The van der Waals surface area contributed by atoms with Crippen molar-refractivity contribution in [3.05, 3.63) is 32.7 Å². The van der Waals surface area contributed by atoms with E-state index >= 15 is 0 Å². The molecule has 2 N–H and O–H groups in total. The van der Waals surface area contributed by atoms with Crippen molar-refractivity contribution >= 4 is 31.9 Å². The highest BCUT2D eigenvalue weighted by molar-refractivity contribution is 9.11. The average molecular weight is 293 g/mol. The average Bonchev–Trinajstić information content (AvgIpc) is 1.96. The van der Waals surface area contributed by atoms with Crippen LogP contribution >= 0.6 is 31.9 Å². The lowest BCUT2D eigenvalue weighted by atomic mass is 10.1. The summed E-state index contributed by atoms with van der Waals surface area (Å²) in [6, 6.07) is 6.33. The number of rotatable bonds is 2. The van der Waals surface area contributed by atoms with E-state index in [1.807, 2.05) is 19.1 Å². The molecule has 0 spiro atoms. The summed E-state index contributed by atoms with van der Waals surface area (Å²) < 4.78 is 2.23. The van der Waals surface area contributed by atoms with E-state index in [1.54, 1.807) is 0 Å². The Kier molecular flexibility index (Phi) is 3.75. The fourth-order valence-electron chi connectivity index (χ4n) is 1.05. The van der Waals surface area contributed by atoms with Crippen LogP contribution in [0.1, 0.15) is 12.5 Å². The summed E-state index contributed by atoms with van der Waals surface area (Å²) in [7, 11) is 0. The maximum absolute atomic E-state index is 5.71. The third kappa shape index (κ3) is 2.88. The lowest BCUT2D eigenvalue weighted by Gasteiger charge is -2.07. The lowest BCUT2D eigenvalue weighted by Crippen LogP contribution is -2.17. The summed E-state index contributed by atoms with van der Waals surface area (Å²) >= 11 is 6.91. The second-order valence-corrected chi connectivity index (χ2v) is 4.69. The van der Waals surface area contributed by atoms with Gasteiger partial charge in [0.2, 0.25) is 0 Å². The monoisotopic (exact) mass is 291 g/mol. The van der Waals surface area contributed by atoms with Crippen molar-refractivity contribution in [3.63, 3.8) is 0 Å². The molecular formula is C9H11Br2N. The zero-order valence-corrected chi connectivity index (χ0v) is 10.0. The Morgan fingerprint density at radius 1 is 1.42 bits per heavy atom. The zero-order chi connectivity index (χ0) is 9.14. The van der Waals surface area contributed by atoms with Crippen LogP contribution in [0.15, 0.2) is 27.1 Å². The molecule has 0 fully saturated rings. The van der Waals surface area contributed by atoms with E-state index in [9.17, 15) is 0 Å². The van der Waals surface area contributed by atoms with Crippen LogP contribution in [0.25, 0.3) is 0 Å². The molecule has 1 aromatic rings. The van der Waals surface area contributed by atoms with E-state index in [-0.39, 0.29) is 6.04 Å². The maximum atomic E-state index is 5.71. The third-order valence-corrected chi connectivity index (χ3v) is 2.82. The van der Waals surface area contributed by atoms with E-state index in [0.29, 0.717) is 0 Å². The number of halogens is 2. The molecule has 1 rings (SSSR count). The fourth-order valence-corrected chi connectivity index (χ4v) is 1.86. The van der Waals surface area contributed by atoms with Crippen LogP contribution in [0.3, 0.4) is 0 Å². The lowest BCUT2D eigenvalue weighted by molar-refractivity contribution is 0.736. The SMILES string of the molecule is CC(N)Cc1cc(Br)ccc1Br. The van der Waals surface area contributed by atoms with Crippen molar-refractivity contribution in [1.29, 1.82) is 0 Å². The molecule has 0 bridgehead atoms. The minimum absolute atomic E-state index is 0.204. The molecule has 0 saturated heterocycles. The maximum Gasteiger partial charge on any atom is 0.0208 e. The Hall–Kier alpha value is 0.140. The number of benzene rings is 1. The van der Waals surface area contributed by atoms with Gasteiger partial charge in [-0.1, -0.05) is 31.9 Å². The van der Waals surface area contributed by atoms with Gasteiger partial charge in [0, 0.05) is 15.0 Å². The molecule has 0 aromatic heterocycles. The Balaban J connectivity index is 2.90. The molecule has 1 nitrogen and oxygen atoms in total. The number of hydrogen-bond acceptors (Lipinski definition) is 1. The van der Waals surface area contributed by atoms with Gasteiger partial charge in [-0.15, -0.1) is 0 Å². The van der Waals surface area contributed by atoms with Gasteiger partial charge in [-0.2, -0.15) is 0 Å². The molecule has 0 heterocycles. The quantitative estimate of drug-likeness (QED) is 0.891. The molecule has 12 heavy (non-hydrogen) atoms. The summed E-state index contributed by atoms with van der Waals surface area (Å²) in [5, 5.41) is 0. The smallest absolute Gasteiger partial charge is 0.0208 e. The zero-order valence-electron chi connectivity index (χ0n) is 6.85. The summed E-state index contributed by atoms with van der Waals surface area (Å²) in [4.78, 5) is 0. The van der Waals surface area contributed by atoms with Gasteiger partial charge in [-0.05, 0) is 37.1 Å². The van der Waals surface area contributed by atoms with Crippen LogP contribution in [0.5, 0.6) is 0 Å². The minimum Gasteiger partial charge on any atom is -0.328 e. The molecule has 0 saturated carbocycles. The Morgan fingerprint density at radius 3 is 2.67 bits per heavy atom. The van der Waals surface area contributed by atoms with E-state index in [1.165, 1.54) is 5.56 Å². The predicted molar refractivity (Wildman–Crippen MR) is 59.2 cm³/mol. The van der Waals surface area contributed by atoms with Crippen molar-refractivity contribution in [3.8, 4) is 0 Å². The van der Waals surface area contributed by atoms with Crippen molar-refractivity contribution < 1.29 is 0 Å². The largest absolute Gasteiger partial charge is 0.328 e. The normalized spacial score (nSPS) is 13.0. The van der Waals surface area contributed by atoms with Gasteiger partial charge in [-0.25, -0.2) is 0 Å². The molecule has 0 aliphatic heterocycles. The van der Waals surface area contributed by atoms with Gasteiger partial charge in [-0.3, -0.25) is 0 Å². The summed E-state index contributed by atoms with van der Waals surface area (Å²) in [6.45, 7) is 2.01. The standard InChI is InChI=1S/C9H11Br2N/c1-6(12)4-7-5-8(10)2-3-9(7)11/h2-3,5-6H,4,12H2,1H3. The molecule has 66 valence electrons. The third-order valence-electron chi connectivity index (χ3n) is 1.55. The molecule has 0 aliphatic carbocycles. The molecule has 1 aromatic carbocycles. The van der Waals surface area contributed by atoms with E-state index in [2.05, 4.69) is 37.9 Å².